The van der Waals surface area contributed by atoms with Gasteiger partial charge in [0, 0.05) is 25.7 Å². The predicted octanol–water partition coefficient (Wildman–Crippen LogP) is 23.0. The lowest BCUT2D eigenvalue weighted by Crippen LogP contribution is -2.30. The number of aliphatic hydroxyl groups excluding tert-OH is 1. The lowest BCUT2D eigenvalue weighted by Gasteiger charge is -2.21. The summed E-state index contributed by atoms with van der Waals surface area (Å²) in [6.07, 6.45) is 55.2. The van der Waals surface area contributed by atoms with Crippen LogP contribution in [0.4, 0.5) is 0 Å². The molecule has 0 aromatic rings. The molecule has 0 heterocycles. The van der Waals surface area contributed by atoms with Gasteiger partial charge >= 0.3 is 39.5 Å². The van der Waals surface area contributed by atoms with Gasteiger partial charge in [-0.05, 0) is 43.4 Å². The smallest absolute Gasteiger partial charge is 0.462 e. The third-order valence-corrected chi connectivity index (χ3v) is 20.4. The van der Waals surface area contributed by atoms with Crippen molar-refractivity contribution in [1.29, 1.82) is 0 Å². The standard InChI is InChI=1S/C78H152O17P2/c1-8-10-11-12-13-14-15-16-19-22-33-40-47-54-61-77(82)94-73(65-88-75(80)59-52-45-38-31-26-24-29-36-43-50-57-70(5)6)67-92-96(84,85)90-63-72(79)64-91-97(86,87)93-68-74(66-89-76(81)60-53-46-39-32-27-25-30-37-44-51-58-71(7)9-2)95-78(83)62-55-48-41-34-23-20-17-18-21-28-35-42-49-56-69(3)4/h69-74,79H,8-68H2,1-7H3,(H,84,85)(H,86,87)/t71?,72-,73+,74+/m0/s1. The van der Waals surface area contributed by atoms with Crippen LogP contribution in [-0.2, 0) is 65.4 Å². The zero-order chi connectivity index (χ0) is 71.6. The highest BCUT2D eigenvalue weighted by molar-refractivity contribution is 7.47. The number of ether oxygens (including phenoxy) is 4. The van der Waals surface area contributed by atoms with Gasteiger partial charge in [0.1, 0.15) is 19.3 Å². The van der Waals surface area contributed by atoms with Crippen molar-refractivity contribution in [3.05, 3.63) is 0 Å². The Morgan fingerprint density at radius 1 is 0.299 bits per heavy atom. The van der Waals surface area contributed by atoms with Crippen molar-refractivity contribution < 1.29 is 80.2 Å². The fourth-order valence-electron chi connectivity index (χ4n) is 11.9. The van der Waals surface area contributed by atoms with Crippen LogP contribution in [0.1, 0.15) is 402 Å². The Hall–Kier alpha value is -1.94. The SMILES string of the molecule is CCCCCCCCCCCCCCCCC(=O)O[C@H](COC(=O)CCCCCCCCCCCCC(C)C)COP(=O)(O)OC[C@H](O)COP(=O)(O)OC[C@@H](COC(=O)CCCCCCCCCCCCC(C)CC)OC(=O)CCCCCCCCCCCCCCCC(C)C. The molecule has 0 aliphatic rings. The molecule has 0 aliphatic heterocycles. The topological polar surface area (TPSA) is 237 Å². The second kappa shape index (κ2) is 68.5. The summed E-state index contributed by atoms with van der Waals surface area (Å²) in [4.78, 5) is 73.0. The number of carbonyl (C=O) groups is 4. The minimum absolute atomic E-state index is 0.107. The maximum Gasteiger partial charge on any atom is 0.472 e. The summed E-state index contributed by atoms with van der Waals surface area (Å²) < 4.78 is 68.7. The Bertz CT molecular complexity index is 1890. The highest BCUT2D eigenvalue weighted by atomic mass is 31.2. The third kappa shape index (κ3) is 70.9. The second-order valence-corrected chi connectivity index (χ2v) is 32.2. The largest absolute Gasteiger partial charge is 0.472 e. The maximum atomic E-state index is 13.1. The minimum Gasteiger partial charge on any atom is -0.462 e. The van der Waals surface area contributed by atoms with Gasteiger partial charge in [0.25, 0.3) is 0 Å². The number of phosphoric ester groups is 2. The zero-order valence-corrected chi connectivity index (χ0v) is 65.3. The van der Waals surface area contributed by atoms with Crippen LogP contribution in [0.2, 0.25) is 0 Å². The van der Waals surface area contributed by atoms with E-state index in [-0.39, 0.29) is 25.7 Å². The Kier molecular flexibility index (Phi) is 67.1. The summed E-state index contributed by atoms with van der Waals surface area (Å²) >= 11 is 0. The van der Waals surface area contributed by atoms with E-state index in [0.29, 0.717) is 25.7 Å². The van der Waals surface area contributed by atoms with Crippen molar-refractivity contribution in [3.63, 3.8) is 0 Å². The molecule has 576 valence electrons. The molecule has 0 saturated carbocycles. The first-order valence-corrected chi connectivity index (χ1v) is 43.4. The van der Waals surface area contributed by atoms with Gasteiger partial charge in [-0.2, -0.15) is 0 Å². The third-order valence-electron chi connectivity index (χ3n) is 18.5. The van der Waals surface area contributed by atoms with E-state index in [2.05, 4.69) is 48.5 Å². The first-order valence-electron chi connectivity index (χ1n) is 40.4. The van der Waals surface area contributed by atoms with Crippen LogP contribution >= 0.6 is 15.6 Å². The van der Waals surface area contributed by atoms with Crippen LogP contribution in [0.25, 0.3) is 0 Å². The lowest BCUT2D eigenvalue weighted by atomic mass is 9.99. The number of phosphoric acid groups is 2. The van der Waals surface area contributed by atoms with Gasteiger partial charge in [0.2, 0.25) is 0 Å². The van der Waals surface area contributed by atoms with E-state index in [1.807, 2.05) is 0 Å². The van der Waals surface area contributed by atoms with Gasteiger partial charge in [-0.1, -0.05) is 350 Å². The number of esters is 4. The number of rotatable bonds is 76. The lowest BCUT2D eigenvalue weighted by molar-refractivity contribution is -0.161. The van der Waals surface area contributed by atoms with Crippen LogP contribution in [0.3, 0.4) is 0 Å². The van der Waals surface area contributed by atoms with Gasteiger partial charge < -0.3 is 33.8 Å². The van der Waals surface area contributed by atoms with E-state index >= 15 is 0 Å². The Morgan fingerprint density at radius 3 is 0.784 bits per heavy atom. The van der Waals surface area contributed by atoms with Crippen molar-refractivity contribution in [2.45, 2.75) is 420 Å². The van der Waals surface area contributed by atoms with Crippen LogP contribution < -0.4 is 0 Å². The second-order valence-electron chi connectivity index (χ2n) is 29.3. The summed E-state index contributed by atoms with van der Waals surface area (Å²) in [6.45, 7) is 12.0. The first kappa shape index (κ1) is 95.1. The minimum atomic E-state index is -4.96. The van der Waals surface area contributed by atoms with Crippen molar-refractivity contribution in [3.8, 4) is 0 Å². The summed E-state index contributed by atoms with van der Waals surface area (Å²) in [7, 11) is -9.92. The summed E-state index contributed by atoms with van der Waals surface area (Å²) in [5, 5.41) is 10.6. The molecule has 19 heteroatoms. The molecule has 0 aromatic carbocycles. The molecule has 0 amide bonds. The summed E-state index contributed by atoms with van der Waals surface area (Å²) in [5.74, 6) is 0.242. The molecule has 3 N–H and O–H groups in total. The maximum absolute atomic E-state index is 13.1. The van der Waals surface area contributed by atoms with Gasteiger partial charge in [-0.3, -0.25) is 37.3 Å². The molecule has 6 atom stereocenters. The molecule has 97 heavy (non-hydrogen) atoms. The van der Waals surface area contributed by atoms with Gasteiger partial charge in [0.15, 0.2) is 12.2 Å². The van der Waals surface area contributed by atoms with E-state index in [0.717, 1.165) is 108 Å². The molecule has 17 nitrogen and oxygen atoms in total. The van der Waals surface area contributed by atoms with Gasteiger partial charge in [0.05, 0.1) is 26.4 Å². The summed E-state index contributed by atoms with van der Waals surface area (Å²) in [6, 6.07) is 0. The molecule has 0 aromatic heterocycles. The molecule has 0 bridgehead atoms. The van der Waals surface area contributed by atoms with Crippen LogP contribution in [0, 0.1) is 17.8 Å². The number of carbonyl (C=O) groups excluding carboxylic acids is 4. The van der Waals surface area contributed by atoms with E-state index < -0.39 is 97.5 Å². The van der Waals surface area contributed by atoms with Crippen molar-refractivity contribution in [2.75, 3.05) is 39.6 Å². The fraction of sp³-hybridized carbons (Fsp3) is 0.949. The Labute approximate surface area is 594 Å². The Morgan fingerprint density at radius 2 is 0.526 bits per heavy atom. The molecule has 3 unspecified atom stereocenters. The van der Waals surface area contributed by atoms with Gasteiger partial charge in [-0.15, -0.1) is 0 Å². The van der Waals surface area contributed by atoms with Crippen LogP contribution in [0.5, 0.6) is 0 Å². The van der Waals surface area contributed by atoms with Crippen LogP contribution in [0.15, 0.2) is 0 Å². The highest BCUT2D eigenvalue weighted by Gasteiger charge is 2.30. The number of hydrogen-bond donors (Lipinski definition) is 3. The van der Waals surface area contributed by atoms with E-state index in [9.17, 15) is 43.2 Å². The van der Waals surface area contributed by atoms with Gasteiger partial charge in [-0.25, -0.2) is 9.13 Å². The number of aliphatic hydroxyl groups is 1. The Balaban J connectivity index is 5.28. The zero-order valence-electron chi connectivity index (χ0n) is 63.5. The van der Waals surface area contributed by atoms with Crippen LogP contribution in [-0.4, -0.2) is 96.7 Å². The van der Waals surface area contributed by atoms with Crippen molar-refractivity contribution >= 4 is 39.5 Å². The molecule has 0 rings (SSSR count). The monoisotopic (exact) mass is 1420 g/mol. The van der Waals surface area contributed by atoms with Crippen molar-refractivity contribution in [2.24, 2.45) is 17.8 Å². The molecule has 0 spiro atoms. The number of hydrogen-bond acceptors (Lipinski definition) is 15. The normalized spacial score (nSPS) is 14.3. The molecule has 0 fully saturated rings. The molecular weight excluding hydrogens is 1270 g/mol. The molecule has 0 radical (unpaired) electrons. The molecule has 0 aliphatic carbocycles. The van der Waals surface area contributed by atoms with E-state index in [1.165, 1.54) is 212 Å². The van der Waals surface area contributed by atoms with Crippen molar-refractivity contribution in [1.82, 2.24) is 0 Å². The molecule has 0 saturated heterocycles. The summed E-state index contributed by atoms with van der Waals surface area (Å²) in [5.41, 5.74) is 0. The average Bonchev–Trinajstić information content (AvgIpc) is 1.43. The number of unbranched alkanes of at least 4 members (excludes halogenated alkanes) is 43. The first-order chi connectivity index (χ1) is 46.8. The molecular formula is C78H152O17P2. The van der Waals surface area contributed by atoms with E-state index in [4.69, 9.17) is 37.0 Å². The quantitative estimate of drug-likeness (QED) is 0.0222. The van der Waals surface area contributed by atoms with E-state index in [1.54, 1.807) is 0 Å². The highest BCUT2D eigenvalue weighted by Crippen LogP contribution is 2.45. The predicted molar refractivity (Wildman–Crippen MR) is 395 cm³/mol. The average molecular weight is 1420 g/mol. The fourth-order valence-corrected chi connectivity index (χ4v) is 13.5.